The number of nitrogens with zero attached hydrogens (tertiary/aromatic N) is 2. The predicted octanol–water partition coefficient (Wildman–Crippen LogP) is 3.38. The molecular weight excluding hydrogens is 387 g/mol. The van der Waals surface area contributed by atoms with Crippen LogP contribution in [-0.4, -0.2) is 29.3 Å². The van der Waals surface area contributed by atoms with Gasteiger partial charge in [-0.05, 0) is 23.8 Å². The minimum atomic E-state index is -0.466. The van der Waals surface area contributed by atoms with E-state index in [1.54, 1.807) is 10.6 Å². The van der Waals surface area contributed by atoms with Gasteiger partial charge in [0.05, 0.1) is 23.1 Å². The number of hydrogen-bond acceptors (Lipinski definition) is 5. The number of thioether (sulfide) groups is 1. The van der Waals surface area contributed by atoms with Gasteiger partial charge in [-0.2, -0.15) is 4.99 Å². The first-order chi connectivity index (χ1) is 13.1. The SMILES string of the molecule is COC(=O)Cn1c(=NC(=O)CSCc2ccccc2)sc2cc(F)ccc21. The van der Waals surface area contributed by atoms with Crippen LogP contribution in [0.3, 0.4) is 0 Å². The fraction of sp³-hybridized carbons (Fsp3) is 0.211. The maximum Gasteiger partial charge on any atom is 0.325 e. The molecule has 2 aromatic carbocycles. The number of rotatable bonds is 6. The second-order valence-corrected chi connectivity index (χ2v) is 7.64. The third-order valence-corrected chi connectivity index (χ3v) is 5.75. The van der Waals surface area contributed by atoms with Gasteiger partial charge in [-0.3, -0.25) is 9.59 Å². The van der Waals surface area contributed by atoms with Crippen molar-refractivity contribution >= 4 is 45.2 Å². The van der Waals surface area contributed by atoms with Crippen LogP contribution in [0.5, 0.6) is 0 Å². The number of benzene rings is 2. The quantitative estimate of drug-likeness (QED) is 0.591. The van der Waals surface area contributed by atoms with Crippen LogP contribution in [0.4, 0.5) is 4.39 Å². The lowest BCUT2D eigenvalue weighted by Gasteiger charge is -2.03. The normalized spacial score (nSPS) is 11.7. The summed E-state index contributed by atoms with van der Waals surface area (Å²) in [7, 11) is 1.29. The number of fused-ring (bicyclic) bond motifs is 1. The summed E-state index contributed by atoms with van der Waals surface area (Å²) in [6.45, 7) is -0.0919. The molecule has 0 N–H and O–H groups in total. The molecule has 0 spiro atoms. The summed E-state index contributed by atoms with van der Waals surface area (Å²) in [5, 5.41) is 0. The molecule has 1 amide bonds. The van der Waals surface area contributed by atoms with Crippen molar-refractivity contribution in [2.24, 2.45) is 4.99 Å². The Kier molecular flexibility index (Phi) is 6.41. The summed E-state index contributed by atoms with van der Waals surface area (Å²) < 4.78 is 20.4. The van der Waals surface area contributed by atoms with Crippen LogP contribution < -0.4 is 4.80 Å². The van der Waals surface area contributed by atoms with E-state index in [9.17, 15) is 14.0 Å². The zero-order valence-electron chi connectivity index (χ0n) is 14.6. The van der Waals surface area contributed by atoms with Gasteiger partial charge >= 0.3 is 5.97 Å². The second-order valence-electron chi connectivity index (χ2n) is 5.64. The van der Waals surface area contributed by atoms with Gasteiger partial charge in [-0.25, -0.2) is 4.39 Å². The molecule has 5 nitrogen and oxygen atoms in total. The van der Waals surface area contributed by atoms with Crippen molar-refractivity contribution in [3.63, 3.8) is 0 Å². The molecule has 0 aliphatic heterocycles. The number of halogens is 1. The largest absolute Gasteiger partial charge is 0.468 e. The fourth-order valence-electron chi connectivity index (χ4n) is 2.45. The molecule has 27 heavy (non-hydrogen) atoms. The zero-order chi connectivity index (χ0) is 19.2. The van der Waals surface area contributed by atoms with Crippen LogP contribution in [0, 0.1) is 5.82 Å². The second kappa shape index (κ2) is 8.96. The summed E-state index contributed by atoms with van der Waals surface area (Å²) in [5.41, 5.74) is 1.77. The molecule has 0 aliphatic rings. The van der Waals surface area contributed by atoms with Crippen molar-refractivity contribution in [2.75, 3.05) is 12.9 Å². The van der Waals surface area contributed by atoms with Gasteiger partial charge in [-0.1, -0.05) is 41.7 Å². The molecule has 0 fully saturated rings. The first kappa shape index (κ1) is 19.3. The molecule has 140 valence electrons. The highest BCUT2D eigenvalue weighted by molar-refractivity contribution is 7.99. The molecule has 0 saturated heterocycles. The molecule has 0 aliphatic carbocycles. The van der Waals surface area contributed by atoms with Crippen molar-refractivity contribution in [3.8, 4) is 0 Å². The number of carbonyl (C=O) groups excluding carboxylic acids is 2. The Balaban J connectivity index is 1.81. The minimum Gasteiger partial charge on any atom is -0.468 e. The highest BCUT2D eigenvalue weighted by atomic mass is 32.2. The molecule has 8 heteroatoms. The first-order valence-electron chi connectivity index (χ1n) is 8.12. The van der Waals surface area contributed by atoms with E-state index in [0.29, 0.717) is 20.8 Å². The molecule has 0 saturated carbocycles. The Hall–Kier alpha value is -2.45. The van der Waals surface area contributed by atoms with Crippen molar-refractivity contribution in [2.45, 2.75) is 12.3 Å². The summed E-state index contributed by atoms with van der Waals surface area (Å²) in [6, 6.07) is 14.1. The molecule has 1 heterocycles. The van der Waals surface area contributed by atoms with Crippen LogP contribution in [0.25, 0.3) is 10.2 Å². The van der Waals surface area contributed by atoms with Crippen molar-refractivity contribution < 1.29 is 18.7 Å². The maximum atomic E-state index is 13.5. The Morgan fingerprint density at radius 3 is 2.74 bits per heavy atom. The lowest BCUT2D eigenvalue weighted by atomic mass is 10.2. The van der Waals surface area contributed by atoms with E-state index in [0.717, 1.165) is 5.56 Å². The number of amides is 1. The van der Waals surface area contributed by atoms with E-state index in [4.69, 9.17) is 4.74 Å². The first-order valence-corrected chi connectivity index (χ1v) is 10.1. The van der Waals surface area contributed by atoms with Gasteiger partial charge < -0.3 is 9.30 Å². The number of hydrogen-bond donors (Lipinski definition) is 0. The summed E-state index contributed by atoms with van der Waals surface area (Å²) in [4.78, 5) is 28.5. The van der Waals surface area contributed by atoms with Crippen molar-refractivity contribution in [1.82, 2.24) is 4.57 Å². The molecular formula is C19H17FN2O3S2. The van der Waals surface area contributed by atoms with Gasteiger partial charge in [0.25, 0.3) is 5.91 Å². The van der Waals surface area contributed by atoms with Crippen molar-refractivity contribution in [3.05, 3.63) is 64.7 Å². The predicted molar refractivity (Wildman–Crippen MR) is 105 cm³/mol. The standard InChI is InChI=1S/C19H17FN2O3S2/c1-25-18(24)10-22-15-8-7-14(20)9-16(15)27-19(22)21-17(23)12-26-11-13-5-3-2-4-6-13/h2-9H,10-12H2,1H3. The third-order valence-electron chi connectivity index (χ3n) is 3.72. The third kappa shape index (κ3) is 5.05. The maximum absolute atomic E-state index is 13.5. The molecule has 0 radical (unpaired) electrons. The lowest BCUT2D eigenvalue weighted by molar-refractivity contribution is -0.141. The smallest absolute Gasteiger partial charge is 0.325 e. The Morgan fingerprint density at radius 2 is 2.00 bits per heavy atom. The van der Waals surface area contributed by atoms with Crippen LogP contribution >= 0.6 is 23.1 Å². The zero-order valence-corrected chi connectivity index (χ0v) is 16.2. The summed E-state index contributed by atoms with van der Waals surface area (Å²) in [6.07, 6.45) is 0. The van der Waals surface area contributed by atoms with E-state index < -0.39 is 5.97 Å². The van der Waals surface area contributed by atoms with Gasteiger partial charge in [0.1, 0.15) is 12.4 Å². The van der Waals surface area contributed by atoms with E-state index in [1.807, 2.05) is 30.3 Å². The number of aromatic nitrogens is 1. The molecule has 3 aromatic rings. The fourth-order valence-corrected chi connectivity index (χ4v) is 4.29. The average molecular weight is 404 g/mol. The highest BCUT2D eigenvalue weighted by Gasteiger charge is 2.12. The molecule has 0 atom stereocenters. The van der Waals surface area contributed by atoms with Crippen LogP contribution in [-0.2, 0) is 26.6 Å². The highest BCUT2D eigenvalue weighted by Crippen LogP contribution is 2.19. The monoisotopic (exact) mass is 404 g/mol. The van der Waals surface area contributed by atoms with Gasteiger partial charge in [-0.15, -0.1) is 11.8 Å². The number of esters is 1. The number of carbonyl (C=O) groups is 2. The number of thiazole rings is 1. The van der Waals surface area contributed by atoms with Crippen LogP contribution in [0.2, 0.25) is 0 Å². The topological polar surface area (TPSA) is 60.7 Å². The van der Waals surface area contributed by atoms with Crippen molar-refractivity contribution in [1.29, 1.82) is 0 Å². The molecule has 0 unspecified atom stereocenters. The minimum absolute atomic E-state index is 0.0919. The average Bonchev–Trinajstić information content (AvgIpc) is 2.98. The lowest BCUT2D eigenvalue weighted by Crippen LogP contribution is -2.22. The Morgan fingerprint density at radius 1 is 1.22 bits per heavy atom. The van der Waals surface area contributed by atoms with Crippen LogP contribution in [0.15, 0.2) is 53.5 Å². The molecule has 3 rings (SSSR count). The van der Waals surface area contributed by atoms with E-state index >= 15 is 0 Å². The number of methoxy groups -OCH3 is 1. The van der Waals surface area contributed by atoms with E-state index in [2.05, 4.69) is 4.99 Å². The van der Waals surface area contributed by atoms with Crippen LogP contribution in [0.1, 0.15) is 5.56 Å². The van der Waals surface area contributed by atoms with Gasteiger partial charge in [0.15, 0.2) is 4.80 Å². The van der Waals surface area contributed by atoms with E-state index in [-0.39, 0.29) is 24.0 Å². The Bertz CT molecular complexity index is 1030. The molecule has 0 bridgehead atoms. The van der Waals surface area contributed by atoms with Gasteiger partial charge in [0, 0.05) is 5.75 Å². The van der Waals surface area contributed by atoms with E-state index in [1.165, 1.54) is 42.3 Å². The summed E-state index contributed by atoms with van der Waals surface area (Å²) >= 11 is 2.63. The summed E-state index contributed by atoms with van der Waals surface area (Å²) in [5.74, 6) is -0.226. The Labute approximate surface area is 163 Å². The number of ether oxygens (including phenoxy) is 1. The molecule has 1 aromatic heterocycles. The van der Waals surface area contributed by atoms with Gasteiger partial charge in [0.2, 0.25) is 0 Å².